The Morgan fingerprint density at radius 2 is 1.54 bits per heavy atom. The third kappa shape index (κ3) is 3.20. The van der Waals surface area contributed by atoms with Crippen molar-refractivity contribution in [3.63, 3.8) is 0 Å². The molecule has 4 rings (SSSR count). The van der Waals surface area contributed by atoms with Gasteiger partial charge in [0.05, 0.1) is 25.9 Å². The summed E-state index contributed by atoms with van der Waals surface area (Å²) in [5.41, 5.74) is 0.972. The van der Waals surface area contributed by atoms with Gasteiger partial charge in [-0.1, -0.05) is 0 Å². The average molecular weight is 357 g/mol. The van der Waals surface area contributed by atoms with Crippen molar-refractivity contribution in [3.8, 4) is 28.7 Å². The summed E-state index contributed by atoms with van der Waals surface area (Å²) in [5.74, 6) is 2.51. The third-order valence-corrected chi connectivity index (χ3v) is 4.11. The fourth-order valence-electron chi connectivity index (χ4n) is 2.86. The van der Waals surface area contributed by atoms with E-state index in [4.69, 9.17) is 23.7 Å². The molecule has 0 spiro atoms. The van der Waals surface area contributed by atoms with Crippen molar-refractivity contribution >= 4 is 11.6 Å². The van der Waals surface area contributed by atoms with Crippen molar-refractivity contribution in [2.45, 2.75) is 6.42 Å². The molecule has 0 radical (unpaired) electrons. The van der Waals surface area contributed by atoms with Crippen molar-refractivity contribution in [3.05, 3.63) is 35.9 Å². The number of carbonyl (C=O) groups is 1. The van der Waals surface area contributed by atoms with Crippen LogP contribution in [0.1, 0.15) is 16.8 Å². The molecule has 0 aliphatic carbocycles. The van der Waals surface area contributed by atoms with E-state index in [9.17, 15) is 4.79 Å². The van der Waals surface area contributed by atoms with Gasteiger partial charge < -0.3 is 29.0 Å². The molecule has 1 N–H and O–H groups in total. The summed E-state index contributed by atoms with van der Waals surface area (Å²) >= 11 is 0. The number of hydrogen-bond acceptors (Lipinski definition) is 6. The molecule has 136 valence electrons. The third-order valence-electron chi connectivity index (χ3n) is 4.11. The molecule has 2 aliphatic rings. The average Bonchev–Trinajstić information content (AvgIpc) is 2.91. The van der Waals surface area contributed by atoms with E-state index in [1.54, 1.807) is 30.3 Å². The molecule has 2 heterocycles. The standard InChI is InChI=1S/C19H19NO6/c1-22-15-11-18-17(23-5-2-6-24-18)10-13(15)19(21)20-12-3-4-14-16(9-12)26-8-7-25-14/h3-4,9-11H,2,5-8H2,1H3,(H,20,21). The van der Waals surface area contributed by atoms with Gasteiger partial charge in [0, 0.05) is 30.3 Å². The first-order valence-electron chi connectivity index (χ1n) is 8.43. The van der Waals surface area contributed by atoms with E-state index in [1.165, 1.54) is 7.11 Å². The zero-order valence-electron chi connectivity index (χ0n) is 14.4. The first kappa shape index (κ1) is 16.4. The van der Waals surface area contributed by atoms with Gasteiger partial charge in [-0.15, -0.1) is 0 Å². The van der Waals surface area contributed by atoms with Gasteiger partial charge in [0.15, 0.2) is 23.0 Å². The molecule has 7 heteroatoms. The summed E-state index contributed by atoms with van der Waals surface area (Å²) in [6.45, 7) is 2.12. The normalized spacial score (nSPS) is 15.0. The van der Waals surface area contributed by atoms with E-state index >= 15 is 0 Å². The minimum atomic E-state index is -0.311. The predicted octanol–water partition coefficient (Wildman–Crippen LogP) is 2.88. The highest BCUT2D eigenvalue weighted by Gasteiger charge is 2.21. The largest absolute Gasteiger partial charge is 0.496 e. The van der Waals surface area contributed by atoms with Crippen LogP contribution in [0.2, 0.25) is 0 Å². The zero-order valence-corrected chi connectivity index (χ0v) is 14.4. The number of fused-ring (bicyclic) bond motifs is 2. The van der Waals surface area contributed by atoms with Crippen molar-refractivity contribution < 1.29 is 28.5 Å². The van der Waals surface area contributed by atoms with Crippen LogP contribution in [0.4, 0.5) is 5.69 Å². The molecule has 0 unspecified atom stereocenters. The minimum Gasteiger partial charge on any atom is -0.496 e. The molecule has 0 aromatic heterocycles. The second kappa shape index (κ2) is 7.03. The van der Waals surface area contributed by atoms with E-state index in [0.717, 1.165) is 6.42 Å². The Hall–Kier alpha value is -3.09. The highest BCUT2D eigenvalue weighted by molar-refractivity contribution is 6.06. The molecule has 0 fully saturated rings. The summed E-state index contributed by atoms with van der Waals surface area (Å²) in [5, 5.41) is 2.85. The first-order chi connectivity index (χ1) is 12.7. The summed E-state index contributed by atoms with van der Waals surface area (Å²) in [6, 6.07) is 8.60. The van der Waals surface area contributed by atoms with Crippen LogP contribution in [0.25, 0.3) is 0 Å². The monoisotopic (exact) mass is 357 g/mol. The van der Waals surface area contributed by atoms with Gasteiger partial charge in [0.25, 0.3) is 5.91 Å². The van der Waals surface area contributed by atoms with E-state index in [1.807, 2.05) is 0 Å². The molecule has 1 amide bonds. The van der Waals surface area contributed by atoms with Crippen LogP contribution in [0.5, 0.6) is 28.7 Å². The zero-order chi connectivity index (χ0) is 17.9. The second-order valence-electron chi connectivity index (χ2n) is 5.86. The van der Waals surface area contributed by atoms with Crippen molar-refractivity contribution in [2.24, 2.45) is 0 Å². The van der Waals surface area contributed by atoms with Crippen LogP contribution >= 0.6 is 0 Å². The Kier molecular flexibility index (Phi) is 4.43. The van der Waals surface area contributed by atoms with Crippen LogP contribution in [0.3, 0.4) is 0 Å². The maximum atomic E-state index is 12.8. The van der Waals surface area contributed by atoms with Gasteiger partial charge in [0.2, 0.25) is 0 Å². The van der Waals surface area contributed by atoms with Crippen LogP contribution in [0.15, 0.2) is 30.3 Å². The molecule has 2 aromatic carbocycles. The number of ether oxygens (including phenoxy) is 5. The number of methoxy groups -OCH3 is 1. The Morgan fingerprint density at radius 3 is 2.31 bits per heavy atom. The number of benzene rings is 2. The lowest BCUT2D eigenvalue weighted by Crippen LogP contribution is -2.17. The molecule has 26 heavy (non-hydrogen) atoms. The number of rotatable bonds is 3. The van der Waals surface area contributed by atoms with Crippen molar-refractivity contribution in [1.29, 1.82) is 0 Å². The van der Waals surface area contributed by atoms with Gasteiger partial charge in [-0.3, -0.25) is 4.79 Å². The number of amides is 1. The Bertz CT molecular complexity index is 835. The Labute approximate surface area is 150 Å². The van der Waals surface area contributed by atoms with Gasteiger partial charge in [-0.25, -0.2) is 0 Å². The maximum Gasteiger partial charge on any atom is 0.259 e. The highest BCUT2D eigenvalue weighted by atomic mass is 16.6. The van der Waals surface area contributed by atoms with Crippen LogP contribution in [-0.4, -0.2) is 39.4 Å². The smallest absolute Gasteiger partial charge is 0.259 e. The lowest BCUT2D eigenvalue weighted by molar-refractivity contribution is 0.102. The van der Waals surface area contributed by atoms with Crippen molar-refractivity contribution in [1.82, 2.24) is 0 Å². The topological polar surface area (TPSA) is 75.3 Å². The van der Waals surface area contributed by atoms with Crippen LogP contribution < -0.4 is 29.0 Å². The molecule has 0 saturated carbocycles. The molecule has 7 nitrogen and oxygen atoms in total. The Morgan fingerprint density at radius 1 is 0.885 bits per heavy atom. The molecule has 0 bridgehead atoms. The lowest BCUT2D eigenvalue weighted by atomic mass is 10.1. The number of nitrogens with one attached hydrogen (secondary N) is 1. The number of carbonyl (C=O) groups excluding carboxylic acids is 1. The Balaban J connectivity index is 1.60. The molecule has 0 atom stereocenters. The highest BCUT2D eigenvalue weighted by Crippen LogP contribution is 2.37. The predicted molar refractivity (Wildman–Crippen MR) is 94.0 cm³/mol. The fraction of sp³-hybridized carbons (Fsp3) is 0.316. The number of anilines is 1. The van der Waals surface area contributed by atoms with Gasteiger partial charge in [-0.2, -0.15) is 0 Å². The first-order valence-corrected chi connectivity index (χ1v) is 8.43. The van der Waals surface area contributed by atoms with E-state index < -0.39 is 0 Å². The number of hydrogen-bond donors (Lipinski definition) is 1. The molecule has 0 saturated heterocycles. The van der Waals surface area contributed by atoms with Crippen LogP contribution in [0, 0.1) is 0 Å². The van der Waals surface area contributed by atoms with Crippen LogP contribution in [-0.2, 0) is 0 Å². The van der Waals surface area contributed by atoms with E-state index in [2.05, 4.69) is 5.32 Å². The second-order valence-corrected chi connectivity index (χ2v) is 5.86. The molecule has 2 aromatic rings. The van der Waals surface area contributed by atoms with E-state index in [0.29, 0.717) is 66.4 Å². The molecular formula is C19H19NO6. The lowest BCUT2D eigenvalue weighted by Gasteiger charge is -2.19. The summed E-state index contributed by atoms with van der Waals surface area (Å²) in [4.78, 5) is 12.8. The fourth-order valence-corrected chi connectivity index (χ4v) is 2.86. The summed E-state index contributed by atoms with van der Waals surface area (Å²) < 4.78 is 27.7. The summed E-state index contributed by atoms with van der Waals surface area (Å²) in [6.07, 6.45) is 0.787. The quantitative estimate of drug-likeness (QED) is 0.910. The molecular weight excluding hydrogens is 338 g/mol. The molecule has 2 aliphatic heterocycles. The van der Waals surface area contributed by atoms with E-state index in [-0.39, 0.29) is 5.91 Å². The van der Waals surface area contributed by atoms with Crippen molar-refractivity contribution in [2.75, 3.05) is 38.9 Å². The van der Waals surface area contributed by atoms with Gasteiger partial charge in [0.1, 0.15) is 19.0 Å². The summed E-state index contributed by atoms with van der Waals surface area (Å²) in [7, 11) is 1.51. The maximum absolute atomic E-state index is 12.8. The van der Waals surface area contributed by atoms with Gasteiger partial charge in [-0.05, 0) is 12.1 Å². The SMILES string of the molecule is COc1cc2c(cc1C(=O)Nc1ccc3c(c1)OCCO3)OCCCO2. The minimum absolute atomic E-state index is 0.311. The van der Waals surface area contributed by atoms with Gasteiger partial charge >= 0.3 is 0 Å².